The Balaban J connectivity index is 3.32. The van der Waals surface area contributed by atoms with Crippen LogP contribution in [0.4, 0.5) is 8.78 Å². The van der Waals surface area contributed by atoms with Crippen LogP contribution in [0.2, 0.25) is 0 Å². The van der Waals surface area contributed by atoms with E-state index in [0.29, 0.717) is 0 Å². The Labute approximate surface area is 124 Å². The van der Waals surface area contributed by atoms with Gasteiger partial charge >= 0.3 is 0 Å². The van der Waals surface area contributed by atoms with Crippen molar-refractivity contribution < 1.29 is 13.0 Å². The van der Waals surface area contributed by atoms with E-state index in [2.05, 4.69) is 4.72 Å². The van der Waals surface area contributed by atoms with Crippen LogP contribution in [-0.4, -0.2) is 28.4 Å². The van der Waals surface area contributed by atoms with Gasteiger partial charge in [-0.1, -0.05) is 18.2 Å². The van der Waals surface area contributed by atoms with E-state index in [9.17, 15) is 18.3 Å². The Morgan fingerprint density at radius 2 is 2.00 bits per heavy atom. The highest BCUT2D eigenvalue weighted by Gasteiger charge is 2.42. The molecule has 0 aliphatic carbocycles. The van der Waals surface area contributed by atoms with Crippen LogP contribution in [0.1, 0.15) is 19.4 Å². The lowest BCUT2D eigenvalue weighted by Crippen LogP contribution is -2.57. The standard InChI is InChI=1S/C14H21F2N3OS/c1-13(2,9-17)21(20,19-3)10-14(18,8-15)11-6-4-5-7-12(11)16/h4-7,21H,8,10,18H2,1-3H3,(H,19,20)/t14-/m0/s1. The molecule has 0 aliphatic heterocycles. The van der Waals surface area contributed by atoms with Gasteiger partial charge in [0, 0.05) is 11.3 Å². The number of hydrogen-bond acceptors (Lipinski definition) is 3. The van der Waals surface area contributed by atoms with Crippen LogP contribution >= 0.6 is 0 Å². The number of nitrogens with zero attached hydrogens (tertiary/aromatic N) is 1. The summed E-state index contributed by atoms with van der Waals surface area (Å²) in [4.78, 5) is 0. The van der Waals surface area contributed by atoms with Gasteiger partial charge in [0.05, 0.1) is 11.6 Å². The quantitative estimate of drug-likeness (QED) is 0.694. The molecule has 0 aliphatic rings. The third-order valence-electron chi connectivity index (χ3n) is 3.69. The van der Waals surface area contributed by atoms with Crippen molar-refractivity contribution in [2.45, 2.75) is 24.1 Å². The summed E-state index contributed by atoms with van der Waals surface area (Å²) in [6, 6.07) is 7.49. The lowest BCUT2D eigenvalue weighted by molar-refractivity contribution is 0.327. The van der Waals surface area contributed by atoms with Crippen molar-refractivity contribution in [1.29, 1.82) is 5.26 Å². The van der Waals surface area contributed by atoms with E-state index in [1.54, 1.807) is 0 Å². The molecule has 1 rings (SSSR count). The Kier molecular flexibility index (Phi) is 5.20. The SMILES string of the molecule is CN[SH](=O)(C[C@@](N)(CF)c1ccccc1F)C(C)(C)C#N. The van der Waals surface area contributed by atoms with Gasteiger partial charge < -0.3 is 5.73 Å². The van der Waals surface area contributed by atoms with Gasteiger partial charge in [0.2, 0.25) is 0 Å². The van der Waals surface area contributed by atoms with E-state index < -0.39 is 32.9 Å². The topological polar surface area (TPSA) is 78.9 Å². The predicted octanol–water partition coefficient (Wildman–Crippen LogP) is 1.40. The molecule has 1 aromatic carbocycles. The zero-order valence-electron chi connectivity index (χ0n) is 12.4. The maximum Gasteiger partial charge on any atom is 0.128 e. The fourth-order valence-corrected chi connectivity index (χ4v) is 4.42. The van der Waals surface area contributed by atoms with Crippen molar-refractivity contribution in [3.8, 4) is 6.07 Å². The number of hydrogen-bond donors (Lipinski definition) is 3. The maximum atomic E-state index is 13.9. The van der Waals surface area contributed by atoms with Crippen molar-refractivity contribution >= 4 is 10.1 Å². The molecule has 0 bridgehead atoms. The molecule has 0 spiro atoms. The molecule has 0 radical (unpaired) electrons. The fraction of sp³-hybridized carbons (Fsp3) is 0.500. The Bertz CT molecular complexity index is 600. The van der Waals surface area contributed by atoms with Gasteiger partial charge in [0.25, 0.3) is 0 Å². The summed E-state index contributed by atoms with van der Waals surface area (Å²) in [5.74, 6) is -1.01. The highest BCUT2D eigenvalue weighted by molar-refractivity contribution is 8.02. The average Bonchev–Trinajstić information content (AvgIpc) is 2.47. The van der Waals surface area contributed by atoms with Crippen molar-refractivity contribution in [3.05, 3.63) is 35.6 Å². The summed E-state index contributed by atoms with van der Waals surface area (Å²) in [5, 5.41) is 9.18. The third-order valence-corrected chi connectivity index (χ3v) is 7.33. The van der Waals surface area contributed by atoms with Gasteiger partial charge in [0.1, 0.15) is 17.2 Å². The average molecular weight is 317 g/mol. The number of thiol groups is 1. The predicted molar refractivity (Wildman–Crippen MR) is 81.4 cm³/mol. The highest BCUT2D eigenvalue weighted by Crippen LogP contribution is 2.31. The Hall–Kier alpha value is -1.36. The van der Waals surface area contributed by atoms with Gasteiger partial charge in [-0.3, -0.25) is 8.93 Å². The minimum atomic E-state index is -3.37. The van der Waals surface area contributed by atoms with Crippen LogP contribution in [0.15, 0.2) is 24.3 Å². The van der Waals surface area contributed by atoms with E-state index in [-0.39, 0.29) is 11.3 Å². The zero-order chi connectivity index (χ0) is 16.3. The highest BCUT2D eigenvalue weighted by atomic mass is 32.3. The second kappa shape index (κ2) is 6.18. The minimum Gasteiger partial charge on any atom is -0.318 e. The van der Waals surface area contributed by atoms with Crippen LogP contribution in [0, 0.1) is 17.1 Å². The van der Waals surface area contributed by atoms with E-state index >= 15 is 0 Å². The molecular formula is C14H21F2N3OS. The molecule has 4 nitrogen and oxygen atoms in total. The lowest BCUT2D eigenvalue weighted by Gasteiger charge is -2.40. The number of halogens is 2. The smallest absolute Gasteiger partial charge is 0.128 e. The van der Waals surface area contributed by atoms with Crippen LogP contribution in [0.25, 0.3) is 0 Å². The summed E-state index contributed by atoms with van der Waals surface area (Å²) in [5.41, 5.74) is 4.20. The van der Waals surface area contributed by atoms with Crippen LogP contribution in [-0.2, 0) is 15.7 Å². The van der Waals surface area contributed by atoms with Gasteiger partial charge in [-0.25, -0.2) is 8.78 Å². The Morgan fingerprint density at radius 3 is 2.43 bits per heavy atom. The first-order valence-corrected chi connectivity index (χ1v) is 8.34. The van der Waals surface area contributed by atoms with E-state index in [1.807, 2.05) is 6.07 Å². The summed E-state index contributed by atoms with van der Waals surface area (Å²) < 4.78 is 41.8. The van der Waals surface area contributed by atoms with Gasteiger partial charge in [-0.05, 0) is 37.1 Å². The molecule has 1 atom stereocenters. The van der Waals surface area contributed by atoms with Crippen LogP contribution in [0.3, 0.4) is 0 Å². The number of rotatable bonds is 6. The lowest BCUT2D eigenvalue weighted by atomic mass is 9.94. The Morgan fingerprint density at radius 1 is 1.43 bits per heavy atom. The molecule has 7 heteroatoms. The molecule has 21 heavy (non-hydrogen) atoms. The van der Waals surface area contributed by atoms with Crippen LogP contribution < -0.4 is 10.5 Å². The summed E-state index contributed by atoms with van der Waals surface area (Å²) in [6.07, 6.45) is 0. The minimum absolute atomic E-state index is 0.0447. The monoisotopic (exact) mass is 317 g/mol. The maximum absolute atomic E-state index is 13.9. The molecule has 0 fully saturated rings. The molecule has 0 aromatic heterocycles. The number of nitriles is 1. The van der Waals surface area contributed by atoms with E-state index in [4.69, 9.17) is 5.73 Å². The van der Waals surface area contributed by atoms with Gasteiger partial charge in [0.15, 0.2) is 0 Å². The fourth-order valence-electron chi connectivity index (χ4n) is 2.10. The second-order valence-electron chi connectivity index (χ2n) is 5.56. The normalized spacial score (nSPS) is 16.0. The van der Waals surface area contributed by atoms with Crippen molar-refractivity contribution in [2.75, 3.05) is 19.5 Å². The molecule has 0 unspecified atom stereocenters. The first-order valence-electron chi connectivity index (χ1n) is 6.45. The van der Waals surface area contributed by atoms with Crippen LogP contribution in [0.5, 0.6) is 0 Å². The number of nitrogens with one attached hydrogen (secondary N) is 1. The van der Waals surface area contributed by atoms with Gasteiger partial charge in [-0.15, -0.1) is 0 Å². The molecule has 0 heterocycles. The van der Waals surface area contributed by atoms with Gasteiger partial charge in [-0.2, -0.15) is 5.26 Å². The first kappa shape index (κ1) is 17.7. The second-order valence-corrected chi connectivity index (χ2v) is 8.92. The molecule has 1 aromatic rings. The largest absolute Gasteiger partial charge is 0.318 e. The summed E-state index contributed by atoms with van der Waals surface area (Å²) >= 11 is 0. The number of alkyl halides is 1. The third kappa shape index (κ3) is 3.28. The first-order chi connectivity index (χ1) is 9.65. The molecule has 0 saturated heterocycles. The molecule has 118 valence electrons. The van der Waals surface area contributed by atoms with E-state index in [1.165, 1.54) is 45.2 Å². The summed E-state index contributed by atoms with van der Waals surface area (Å²) in [6.45, 7) is 1.90. The zero-order valence-corrected chi connectivity index (χ0v) is 13.3. The molecule has 0 amide bonds. The molecule has 0 saturated carbocycles. The number of nitrogens with two attached hydrogens (primary N) is 1. The molecular weight excluding hydrogens is 296 g/mol. The van der Waals surface area contributed by atoms with Crippen molar-refractivity contribution in [3.63, 3.8) is 0 Å². The van der Waals surface area contributed by atoms with Crippen molar-refractivity contribution in [2.24, 2.45) is 5.73 Å². The van der Waals surface area contributed by atoms with E-state index in [0.717, 1.165) is 0 Å². The number of benzene rings is 1. The van der Waals surface area contributed by atoms with Crippen molar-refractivity contribution in [1.82, 2.24) is 4.72 Å². The summed E-state index contributed by atoms with van der Waals surface area (Å²) in [7, 11) is -1.94. The molecule has 3 N–H and O–H groups in total.